The van der Waals surface area contributed by atoms with Gasteiger partial charge in [0.1, 0.15) is 12.2 Å². The van der Waals surface area contributed by atoms with Crippen molar-refractivity contribution in [2.45, 2.75) is 26.8 Å². The number of carbonyl (C=O) groups excluding carboxylic acids is 2. The van der Waals surface area contributed by atoms with Gasteiger partial charge in [-0.2, -0.15) is 0 Å². The molecule has 0 aliphatic rings. The normalized spacial score (nSPS) is 10.3. The van der Waals surface area contributed by atoms with Crippen molar-refractivity contribution in [2.75, 3.05) is 19.0 Å². The number of hydrogen-bond donors (Lipinski definition) is 3. The molecule has 1 aromatic heterocycles. The molecule has 0 aromatic carbocycles. The van der Waals surface area contributed by atoms with E-state index in [9.17, 15) is 14.4 Å². The number of aromatic carboxylic acids is 1. The molecule has 21 heavy (non-hydrogen) atoms. The molecule has 0 radical (unpaired) electrons. The van der Waals surface area contributed by atoms with Gasteiger partial charge in [0.2, 0.25) is 0 Å². The Morgan fingerprint density at radius 3 is 2.52 bits per heavy atom. The van der Waals surface area contributed by atoms with Crippen LogP contribution in [0.2, 0.25) is 0 Å². The maximum atomic E-state index is 12.2. The highest BCUT2D eigenvalue weighted by atomic mass is 16.5. The van der Waals surface area contributed by atoms with Gasteiger partial charge in [-0.3, -0.25) is 4.79 Å². The maximum Gasteiger partial charge on any atom is 0.354 e. The molecule has 0 fully saturated rings. The summed E-state index contributed by atoms with van der Waals surface area (Å²) in [5.74, 6) is -1.73. The fourth-order valence-corrected chi connectivity index (χ4v) is 1.74. The van der Waals surface area contributed by atoms with Crippen molar-refractivity contribution in [2.24, 2.45) is 0 Å². The minimum atomic E-state index is -1.18. The number of esters is 1. The van der Waals surface area contributed by atoms with Crippen molar-refractivity contribution in [3.63, 3.8) is 0 Å². The standard InChI is InChI=1S/C13H19N3O5/c1-7(2)16(6-10(17)21-4)13(20)15-9-5-8(3)14-11(9)12(18)19/h5,7,14H,6H2,1-4H3,(H,15,20)(H,18,19). The number of carboxylic acids is 1. The Morgan fingerprint density at radius 1 is 1.43 bits per heavy atom. The molecule has 3 N–H and O–H groups in total. The molecule has 0 saturated heterocycles. The van der Waals surface area contributed by atoms with Gasteiger partial charge in [0.05, 0.1) is 12.8 Å². The van der Waals surface area contributed by atoms with Crippen molar-refractivity contribution >= 4 is 23.7 Å². The number of nitrogens with zero attached hydrogens (tertiary/aromatic N) is 1. The van der Waals surface area contributed by atoms with Gasteiger partial charge in [-0.1, -0.05) is 0 Å². The van der Waals surface area contributed by atoms with Crippen LogP contribution in [0.4, 0.5) is 10.5 Å². The zero-order chi connectivity index (χ0) is 16.2. The first kappa shape index (κ1) is 16.5. The van der Waals surface area contributed by atoms with E-state index in [-0.39, 0.29) is 24.0 Å². The Bertz CT molecular complexity index is 550. The monoisotopic (exact) mass is 297 g/mol. The number of amides is 2. The molecule has 1 aromatic rings. The van der Waals surface area contributed by atoms with Crippen LogP contribution in [0.15, 0.2) is 6.07 Å². The number of rotatable bonds is 5. The zero-order valence-electron chi connectivity index (χ0n) is 12.4. The van der Waals surface area contributed by atoms with E-state index in [4.69, 9.17) is 5.11 Å². The summed E-state index contributed by atoms with van der Waals surface area (Å²) in [6, 6.07) is 0.687. The number of aromatic nitrogens is 1. The van der Waals surface area contributed by atoms with Gasteiger partial charge in [0, 0.05) is 11.7 Å². The smallest absolute Gasteiger partial charge is 0.354 e. The first-order valence-corrected chi connectivity index (χ1v) is 6.33. The van der Waals surface area contributed by atoms with E-state index in [1.54, 1.807) is 20.8 Å². The number of nitrogens with one attached hydrogen (secondary N) is 2. The Kier molecular flexibility index (Phi) is 5.34. The number of ether oxygens (including phenoxy) is 1. The summed E-state index contributed by atoms with van der Waals surface area (Å²) in [6.45, 7) is 4.94. The third kappa shape index (κ3) is 4.23. The second-order valence-corrected chi connectivity index (χ2v) is 4.77. The first-order chi connectivity index (χ1) is 9.76. The summed E-state index contributed by atoms with van der Waals surface area (Å²) >= 11 is 0. The van der Waals surface area contributed by atoms with Crippen LogP contribution in [-0.4, -0.2) is 52.7 Å². The summed E-state index contributed by atoms with van der Waals surface area (Å²) in [5, 5.41) is 11.5. The third-order valence-corrected chi connectivity index (χ3v) is 2.82. The van der Waals surface area contributed by atoms with Gasteiger partial charge < -0.3 is 25.0 Å². The van der Waals surface area contributed by atoms with Gasteiger partial charge >= 0.3 is 18.0 Å². The maximum absolute atomic E-state index is 12.2. The Balaban J connectivity index is 2.92. The number of H-pyrrole nitrogens is 1. The lowest BCUT2D eigenvalue weighted by atomic mass is 10.3. The summed E-state index contributed by atoms with van der Waals surface area (Å²) in [6.07, 6.45) is 0. The van der Waals surface area contributed by atoms with Crippen LogP contribution in [0.5, 0.6) is 0 Å². The van der Waals surface area contributed by atoms with Crippen molar-refractivity contribution in [3.05, 3.63) is 17.5 Å². The van der Waals surface area contributed by atoms with Crippen LogP contribution in [0.3, 0.4) is 0 Å². The number of carboxylic acid groups (broad SMARTS) is 1. The number of hydrogen-bond acceptors (Lipinski definition) is 4. The van der Waals surface area contributed by atoms with Crippen LogP contribution < -0.4 is 5.32 Å². The molecule has 0 atom stereocenters. The molecule has 0 aliphatic heterocycles. The highest BCUT2D eigenvalue weighted by molar-refractivity contribution is 5.99. The van der Waals surface area contributed by atoms with Gasteiger partial charge in [-0.15, -0.1) is 0 Å². The number of methoxy groups -OCH3 is 1. The van der Waals surface area contributed by atoms with Crippen molar-refractivity contribution in [3.8, 4) is 0 Å². The fraction of sp³-hybridized carbons (Fsp3) is 0.462. The zero-order valence-corrected chi connectivity index (χ0v) is 12.4. The average Bonchev–Trinajstić information content (AvgIpc) is 2.76. The lowest BCUT2D eigenvalue weighted by Crippen LogP contribution is -2.43. The molecule has 0 aliphatic carbocycles. The third-order valence-electron chi connectivity index (χ3n) is 2.82. The predicted octanol–water partition coefficient (Wildman–Crippen LogP) is 1.44. The SMILES string of the molecule is COC(=O)CN(C(=O)Nc1cc(C)[nH]c1C(=O)O)C(C)C. The minimum Gasteiger partial charge on any atom is -0.477 e. The van der Waals surface area contributed by atoms with E-state index >= 15 is 0 Å². The van der Waals surface area contributed by atoms with Crippen LogP contribution in [0.1, 0.15) is 30.0 Å². The summed E-state index contributed by atoms with van der Waals surface area (Å²) in [4.78, 5) is 38.5. The first-order valence-electron chi connectivity index (χ1n) is 6.33. The van der Waals surface area contributed by atoms with Gasteiger partial charge in [-0.05, 0) is 26.8 Å². The predicted molar refractivity (Wildman–Crippen MR) is 75.4 cm³/mol. The highest BCUT2D eigenvalue weighted by Gasteiger charge is 2.23. The van der Waals surface area contributed by atoms with Crippen molar-refractivity contribution in [1.29, 1.82) is 0 Å². The van der Waals surface area contributed by atoms with E-state index < -0.39 is 18.0 Å². The molecule has 8 heteroatoms. The van der Waals surface area contributed by atoms with Crippen LogP contribution >= 0.6 is 0 Å². The topological polar surface area (TPSA) is 112 Å². The van der Waals surface area contributed by atoms with E-state index in [0.29, 0.717) is 5.69 Å². The second-order valence-electron chi connectivity index (χ2n) is 4.77. The van der Waals surface area contributed by atoms with Gasteiger partial charge in [0.15, 0.2) is 0 Å². The van der Waals surface area contributed by atoms with E-state index in [0.717, 1.165) is 0 Å². The van der Waals surface area contributed by atoms with Gasteiger partial charge in [-0.25, -0.2) is 9.59 Å². The largest absolute Gasteiger partial charge is 0.477 e. The molecule has 1 heterocycles. The van der Waals surface area contributed by atoms with E-state index in [1.165, 1.54) is 18.1 Å². The van der Waals surface area contributed by atoms with Crippen LogP contribution in [0, 0.1) is 6.92 Å². The van der Waals surface area contributed by atoms with E-state index in [2.05, 4.69) is 15.0 Å². The molecule has 1 rings (SSSR count). The molecule has 0 bridgehead atoms. The summed E-state index contributed by atoms with van der Waals surface area (Å²) < 4.78 is 4.54. The summed E-state index contributed by atoms with van der Waals surface area (Å²) in [5.41, 5.74) is 0.648. The molecule has 116 valence electrons. The molecule has 2 amide bonds. The average molecular weight is 297 g/mol. The molecule has 0 saturated carbocycles. The second kappa shape index (κ2) is 6.78. The highest BCUT2D eigenvalue weighted by Crippen LogP contribution is 2.18. The Morgan fingerprint density at radius 2 is 2.05 bits per heavy atom. The molecule has 8 nitrogen and oxygen atoms in total. The Hall–Kier alpha value is -2.51. The lowest BCUT2D eigenvalue weighted by molar-refractivity contribution is -0.141. The number of aryl methyl sites for hydroxylation is 1. The molecule has 0 unspecified atom stereocenters. The quantitative estimate of drug-likeness (QED) is 0.712. The fourth-order valence-electron chi connectivity index (χ4n) is 1.74. The lowest BCUT2D eigenvalue weighted by Gasteiger charge is -2.25. The minimum absolute atomic E-state index is 0.109. The van der Waals surface area contributed by atoms with E-state index in [1.807, 2.05) is 0 Å². The summed E-state index contributed by atoms with van der Waals surface area (Å²) in [7, 11) is 1.23. The molecular formula is C13H19N3O5. The Labute approximate surface area is 122 Å². The van der Waals surface area contributed by atoms with Crippen LogP contribution in [-0.2, 0) is 9.53 Å². The number of anilines is 1. The molecular weight excluding hydrogens is 278 g/mol. The van der Waals surface area contributed by atoms with Gasteiger partial charge in [0.25, 0.3) is 0 Å². The number of urea groups is 1. The van der Waals surface area contributed by atoms with Crippen molar-refractivity contribution < 1.29 is 24.2 Å². The van der Waals surface area contributed by atoms with Crippen molar-refractivity contribution in [1.82, 2.24) is 9.88 Å². The number of carbonyl (C=O) groups is 3. The molecule has 0 spiro atoms. The number of aromatic amines is 1. The van der Waals surface area contributed by atoms with Crippen LogP contribution in [0.25, 0.3) is 0 Å².